The summed E-state index contributed by atoms with van der Waals surface area (Å²) in [6.07, 6.45) is 1.18. The quantitative estimate of drug-likeness (QED) is 0.502. The van der Waals surface area contributed by atoms with Crippen LogP contribution in [0.25, 0.3) is 0 Å². The number of aliphatic hydroxyl groups is 2. The Balaban J connectivity index is 2.66. The van der Waals surface area contributed by atoms with Gasteiger partial charge in [0, 0.05) is 0 Å². The third-order valence-corrected chi connectivity index (χ3v) is 2.55. The van der Waals surface area contributed by atoms with E-state index < -0.39 is 11.7 Å². The molecule has 0 bridgehead atoms. The predicted octanol–water partition coefficient (Wildman–Crippen LogP) is 0.528. The van der Waals surface area contributed by atoms with Crippen LogP contribution in [0.2, 0.25) is 0 Å². The number of rotatable bonds is 0. The molecule has 0 heterocycles. The second kappa shape index (κ2) is 1.96. The fraction of sp³-hybridized carbons (Fsp3) is 1.00. The Kier molecular flexibility index (Phi) is 1.53. The van der Waals surface area contributed by atoms with Crippen molar-refractivity contribution < 1.29 is 10.2 Å². The van der Waals surface area contributed by atoms with E-state index in [-0.39, 0.29) is 5.92 Å². The molecular weight excluding hydrogens is 116 g/mol. The first kappa shape index (κ1) is 7.03. The SMILES string of the molecule is C[C@@H]1CC[C@@H](O)[C@@]1(C)O. The van der Waals surface area contributed by atoms with Crippen LogP contribution in [0.1, 0.15) is 26.7 Å². The van der Waals surface area contributed by atoms with Crippen molar-refractivity contribution >= 4 is 0 Å². The topological polar surface area (TPSA) is 40.5 Å². The van der Waals surface area contributed by atoms with Gasteiger partial charge in [0.2, 0.25) is 0 Å². The summed E-state index contributed by atoms with van der Waals surface area (Å²) in [6.45, 7) is 3.67. The van der Waals surface area contributed by atoms with Crippen molar-refractivity contribution in [2.75, 3.05) is 0 Å². The zero-order valence-electron chi connectivity index (χ0n) is 5.96. The zero-order valence-corrected chi connectivity index (χ0v) is 5.96. The molecule has 1 rings (SSSR count). The van der Waals surface area contributed by atoms with E-state index in [4.69, 9.17) is 0 Å². The minimum Gasteiger partial charge on any atom is -0.390 e. The molecule has 54 valence electrons. The van der Waals surface area contributed by atoms with Crippen LogP contribution < -0.4 is 0 Å². The van der Waals surface area contributed by atoms with Crippen LogP contribution in [0.3, 0.4) is 0 Å². The molecule has 2 nitrogen and oxygen atoms in total. The maximum absolute atomic E-state index is 9.48. The Morgan fingerprint density at radius 2 is 2.00 bits per heavy atom. The highest BCUT2D eigenvalue weighted by Gasteiger charge is 2.41. The largest absolute Gasteiger partial charge is 0.390 e. The van der Waals surface area contributed by atoms with Gasteiger partial charge in [-0.15, -0.1) is 0 Å². The summed E-state index contributed by atoms with van der Waals surface area (Å²) in [5.41, 5.74) is -0.833. The average molecular weight is 130 g/mol. The molecule has 0 spiro atoms. The predicted molar refractivity (Wildman–Crippen MR) is 35.0 cm³/mol. The normalized spacial score (nSPS) is 52.0. The number of hydrogen-bond acceptors (Lipinski definition) is 2. The van der Waals surface area contributed by atoms with E-state index >= 15 is 0 Å². The van der Waals surface area contributed by atoms with Gasteiger partial charge < -0.3 is 10.2 Å². The standard InChI is InChI=1S/C7H14O2/c1-5-3-4-6(8)7(5,2)9/h5-6,8-9H,3-4H2,1-2H3/t5-,6-,7+/m1/s1. The molecule has 3 atom stereocenters. The van der Waals surface area contributed by atoms with Crippen molar-refractivity contribution in [3.05, 3.63) is 0 Å². The maximum Gasteiger partial charge on any atom is 0.0902 e. The molecule has 1 fully saturated rings. The molecule has 0 unspecified atom stereocenters. The Morgan fingerprint density at radius 3 is 2.11 bits per heavy atom. The van der Waals surface area contributed by atoms with Gasteiger partial charge in [0.25, 0.3) is 0 Å². The Morgan fingerprint density at radius 1 is 1.44 bits per heavy atom. The van der Waals surface area contributed by atoms with Gasteiger partial charge in [-0.05, 0) is 25.7 Å². The van der Waals surface area contributed by atoms with E-state index in [1.807, 2.05) is 6.92 Å². The molecule has 1 aliphatic carbocycles. The second-order valence-electron chi connectivity index (χ2n) is 3.22. The fourth-order valence-electron chi connectivity index (χ4n) is 1.32. The van der Waals surface area contributed by atoms with Crippen molar-refractivity contribution in [1.82, 2.24) is 0 Å². The molecule has 1 aliphatic rings. The molecule has 2 heteroatoms. The van der Waals surface area contributed by atoms with Gasteiger partial charge in [-0.25, -0.2) is 0 Å². The summed E-state index contributed by atoms with van der Waals surface area (Å²) in [4.78, 5) is 0. The lowest BCUT2D eigenvalue weighted by Gasteiger charge is -2.25. The summed E-state index contributed by atoms with van der Waals surface area (Å²) >= 11 is 0. The highest BCUT2D eigenvalue weighted by molar-refractivity contribution is 4.93. The minimum atomic E-state index is -0.833. The van der Waals surface area contributed by atoms with Gasteiger partial charge in [0.1, 0.15) is 0 Å². The smallest absolute Gasteiger partial charge is 0.0902 e. The zero-order chi connectivity index (χ0) is 7.07. The number of hydrogen-bond donors (Lipinski definition) is 2. The highest BCUT2D eigenvalue weighted by Crippen LogP contribution is 2.34. The summed E-state index contributed by atoms with van der Waals surface area (Å²) in [6, 6.07) is 0. The van der Waals surface area contributed by atoms with Crippen LogP contribution in [0.5, 0.6) is 0 Å². The highest BCUT2D eigenvalue weighted by atomic mass is 16.3. The Hall–Kier alpha value is -0.0800. The molecule has 1 saturated carbocycles. The van der Waals surface area contributed by atoms with E-state index in [0.29, 0.717) is 0 Å². The molecule has 0 aromatic carbocycles. The van der Waals surface area contributed by atoms with Gasteiger partial charge in [-0.2, -0.15) is 0 Å². The molecular formula is C7H14O2. The average Bonchev–Trinajstić information content (AvgIpc) is 1.96. The molecule has 0 saturated heterocycles. The van der Waals surface area contributed by atoms with Crippen molar-refractivity contribution in [2.24, 2.45) is 5.92 Å². The Labute approximate surface area is 55.5 Å². The van der Waals surface area contributed by atoms with Crippen molar-refractivity contribution in [2.45, 2.75) is 38.4 Å². The van der Waals surface area contributed by atoms with Crippen LogP contribution in [-0.2, 0) is 0 Å². The number of aliphatic hydroxyl groups excluding tert-OH is 1. The van der Waals surface area contributed by atoms with E-state index in [1.54, 1.807) is 6.92 Å². The maximum atomic E-state index is 9.48. The molecule has 0 aliphatic heterocycles. The van der Waals surface area contributed by atoms with Crippen molar-refractivity contribution in [3.8, 4) is 0 Å². The molecule has 9 heavy (non-hydrogen) atoms. The second-order valence-corrected chi connectivity index (χ2v) is 3.22. The molecule has 0 amide bonds. The van der Waals surface area contributed by atoms with E-state index in [2.05, 4.69) is 0 Å². The summed E-state index contributed by atoms with van der Waals surface area (Å²) in [7, 11) is 0. The summed E-state index contributed by atoms with van der Waals surface area (Å²) in [5, 5.41) is 18.7. The fourth-order valence-corrected chi connectivity index (χ4v) is 1.32. The van der Waals surface area contributed by atoms with Gasteiger partial charge in [0.15, 0.2) is 0 Å². The lowest BCUT2D eigenvalue weighted by molar-refractivity contribution is -0.0620. The van der Waals surface area contributed by atoms with Crippen molar-refractivity contribution in [1.29, 1.82) is 0 Å². The van der Waals surface area contributed by atoms with E-state index in [0.717, 1.165) is 12.8 Å². The van der Waals surface area contributed by atoms with Crippen LogP contribution in [0.4, 0.5) is 0 Å². The van der Waals surface area contributed by atoms with E-state index in [1.165, 1.54) is 0 Å². The third kappa shape index (κ3) is 0.970. The molecule has 0 aromatic heterocycles. The van der Waals surface area contributed by atoms with Crippen molar-refractivity contribution in [3.63, 3.8) is 0 Å². The van der Waals surface area contributed by atoms with Crippen LogP contribution >= 0.6 is 0 Å². The van der Waals surface area contributed by atoms with Gasteiger partial charge >= 0.3 is 0 Å². The lowest BCUT2D eigenvalue weighted by Crippen LogP contribution is -2.38. The van der Waals surface area contributed by atoms with Crippen LogP contribution in [-0.4, -0.2) is 21.9 Å². The summed E-state index contributed by atoms with van der Waals surface area (Å²) < 4.78 is 0. The first-order valence-electron chi connectivity index (χ1n) is 3.45. The van der Waals surface area contributed by atoms with E-state index in [9.17, 15) is 10.2 Å². The third-order valence-electron chi connectivity index (χ3n) is 2.55. The Bertz CT molecular complexity index is 97.5. The van der Waals surface area contributed by atoms with Crippen LogP contribution in [0, 0.1) is 5.92 Å². The lowest BCUT2D eigenvalue weighted by atomic mass is 9.94. The molecule has 0 aromatic rings. The first-order valence-corrected chi connectivity index (χ1v) is 3.45. The van der Waals surface area contributed by atoms with Gasteiger partial charge in [0.05, 0.1) is 11.7 Å². The van der Waals surface area contributed by atoms with Crippen LogP contribution in [0.15, 0.2) is 0 Å². The monoisotopic (exact) mass is 130 g/mol. The van der Waals surface area contributed by atoms with Gasteiger partial charge in [-0.3, -0.25) is 0 Å². The van der Waals surface area contributed by atoms with Gasteiger partial charge in [-0.1, -0.05) is 6.92 Å². The summed E-state index contributed by atoms with van der Waals surface area (Å²) in [5.74, 6) is 0.243. The molecule has 0 radical (unpaired) electrons. The minimum absolute atomic E-state index is 0.243. The molecule has 2 N–H and O–H groups in total. The first-order chi connectivity index (χ1) is 4.05.